The van der Waals surface area contributed by atoms with Crippen molar-refractivity contribution in [2.45, 2.75) is 37.5 Å². The summed E-state index contributed by atoms with van der Waals surface area (Å²) in [4.78, 5) is 15.0. The lowest BCUT2D eigenvalue weighted by atomic mass is 9.89. The van der Waals surface area contributed by atoms with E-state index in [4.69, 9.17) is 0 Å². The fraction of sp³-hybridized carbons (Fsp3) is 0.381. The number of amides is 1. The van der Waals surface area contributed by atoms with E-state index in [1.807, 2.05) is 30.0 Å². The number of benzene rings is 2. The maximum Gasteiger partial charge on any atom is 0.254 e. The van der Waals surface area contributed by atoms with E-state index >= 15 is 0 Å². The van der Waals surface area contributed by atoms with Gasteiger partial charge in [-0.25, -0.2) is 13.1 Å². The number of carbonyl (C=O) groups excluding carboxylic acids is 1. The third-order valence-corrected chi connectivity index (χ3v) is 6.68. The highest BCUT2D eigenvalue weighted by Gasteiger charge is 2.26. The first-order valence-electron chi connectivity index (χ1n) is 9.37. The van der Waals surface area contributed by atoms with Crippen LogP contribution in [0, 0.1) is 6.92 Å². The second-order valence-corrected chi connectivity index (χ2v) is 8.72. The Morgan fingerprint density at radius 3 is 2.41 bits per heavy atom. The molecule has 1 fully saturated rings. The zero-order valence-corrected chi connectivity index (χ0v) is 16.6. The van der Waals surface area contributed by atoms with Crippen LogP contribution in [0.25, 0.3) is 0 Å². The topological polar surface area (TPSA) is 66.5 Å². The normalized spacial score (nSPS) is 15.7. The molecule has 0 aromatic heterocycles. The Balaban J connectivity index is 1.75. The number of rotatable bonds is 5. The fourth-order valence-corrected chi connectivity index (χ4v) is 4.65. The summed E-state index contributed by atoms with van der Waals surface area (Å²) in [5.41, 5.74) is 2.58. The van der Waals surface area contributed by atoms with Crippen molar-refractivity contribution in [2.24, 2.45) is 0 Å². The molecule has 1 aliphatic heterocycles. The molecule has 0 spiro atoms. The highest BCUT2D eigenvalue weighted by Crippen LogP contribution is 2.29. The first kappa shape index (κ1) is 19.6. The predicted octanol–water partition coefficient (Wildman–Crippen LogP) is 3.31. The van der Waals surface area contributed by atoms with Crippen molar-refractivity contribution in [2.75, 3.05) is 19.6 Å². The molecule has 1 aliphatic rings. The fourth-order valence-electron chi connectivity index (χ4n) is 3.58. The van der Waals surface area contributed by atoms with Gasteiger partial charge in [0.05, 0.1) is 4.90 Å². The number of piperidine rings is 1. The molecule has 6 heteroatoms. The first-order chi connectivity index (χ1) is 12.9. The zero-order chi connectivity index (χ0) is 19.4. The van der Waals surface area contributed by atoms with E-state index in [1.54, 1.807) is 19.1 Å². The van der Waals surface area contributed by atoms with Crippen LogP contribution in [0.2, 0.25) is 0 Å². The van der Waals surface area contributed by atoms with Gasteiger partial charge in [-0.1, -0.05) is 43.3 Å². The molecule has 0 bridgehead atoms. The number of hydrogen-bond donors (Lipinski definition) is 1. The highest BCUT2D eigenvalue weighted by atomic mass is 32.2. The lowest BCUT2D eigenvalue weighted by Gasteiger charge is -2.32. The number of aryl methyl sites for hydroxylation is 1. The number of sulfonamides is 1. The van der Waals surface area contributed by atoms with Gasteiger partial charge < -0.3 is 4.90 Å². The Labute approximate surface area is 161 Å². The zero-order valence-electron chi connectivity index (χ0n) is 15.8. The van der Waals surface area contributed by atoms with Crippen LogP contribution in [0.3, 0.4) is 0 Å². The molecule has 0 aliphatic carbocycles. The minimum atomic E-state index is -3.58. The quantitative estimate of drug-likeness (QED) is 0.857. The van der Waals surface area contributed by atoms with E-state index in [0.29, 0.717) is 31.1 Å². The van der Waals surface area contributed by atoms with Gasteiger partial charge in [0.1, 0.15) is 0 Å². The van der Waals surface area contributed by atoms with E-state index in [2.05, 4.69) is 16.9 Å². The minimum Gasteiger partial charge on any atom is -0.339 e. The van der Waals surface area contributed by atoms with Gasteiger partial charge in [0.2, 0.25) is 10.0 Å². The summed E-state index contributed by atoms with van der Waals surface area (Å²) in [5, 5.41) is 0. The van der Waals surface area contributed by atoms with Crippen molar-refractivity contribution in [3.8, 4) is 0 Å². The van der Waals surface area contributed by atoms with Crippen molar-refractivity contribution < 1.29 is 13.2 Å². The molecule has 2 aromatic rings. The summed E-state index contributed by atoms with van der Waals surface area (Å²) in [6.07, 6.45) is 1.84. The summed E-state index contributed by atoms with van der Waals surface area (Å²) in [6.45, 7) is 5.25. The van der Waals surface area contributed by atoms with E-state index in [0.717, 1.165) is 18.4 Å². The first-order valence-corrected chi connectivity index (χ1v) is 10.8. The summed E-state index contributed by atoms with van der Waals surface area (Å²) >= 11 is 0. The van der Waals surface area contributed by atoms with Crippen LogP contribution in [-0.2, 0) is 10.0 Å². The molecule has 2 aromatic carbocycles. The molecule has 0 radical (unpaired) electrons. The Hall–Kier alpha value is -2.18. The maximum absolute atomic E-state index is 13.0. The smallest absolute Gasteiger partial charge is 0.254 e. The molecule has 1 heterocycles. The monoisotopic (exact) mass is 386 g/mol. The molecule has 27 heavy (non-hydrogen) atoms. The molecule has 1 N–H and O–H groups in total. The molecule has 5 nitrogen and oxygen atoms in total. The minimum absolute atomic E-state index is 0.0902. The molecule has 0 atom stereocenters. The number of nitrogens with zero attached hydrogens (tertiary/aromatic N) is 1. The Morgan fingerprint density at radius 1 is 1.11 bits per heavy atom. The van der Waals surface area contributed by atoms with Crippen molar-refractivity contribution >= 4 is 15.9 Å². The summed E-state index contributed by atoms with van der Waals surface area (Å²) < 4.78 is 27.0. The molecule has 1 amide bonds. The van der Waals surface area contributed by atoms with Crippen molar-refractivity contribution in [1.82, 2.24) is 9.62 Å². The van der Waals surface area contributed by atoms with Gasteiger partial charge >= 0.3 is 0 Å². The van der Waals surface area contributed by atoms with Crippen LogP contribution >= 0.6 is 0 Å². The number of likely N-dealkylation sites (tertiary alicyclic amines) is 1. The second kappa shape index (κ2) is 8.23. The van der Waals surface area contributed by atoms with Gasteiger partial charge in [-0.05, 0) is 48.9 Å². The molecule has 0 unspecified atom stereocenters. The van der Waals surface area contributed by atoms with Crippen LogP contribution < -0.4 is 4.72 Å². The standard InChI is InChI=1S/C21H26N2O3S/c1-3-22-27(25,26)19-10-9-16(2)20(15-19)21(24)23-13-11-18(12-14-23)17-7-5-4-6-8-17/h4-10,15,18,22H,3,11-14H2,1-2H3. The molecule has 0 saturated carbocycles. The molecular formula is C21H26N2O3S. The summed E-state index contributed by atoms with van der Waals surface area (Å²) in [7, 11) is -3.58. The van der Waals surface area contributed by atoms with Gasteiger partial charge in [-0.2, -0.15) is 0 Å². The number of nitrogens with one attached hydrogen (secondary N) is 1. The second-order valence-electron chi connectivity index (χ2n) is 6.96. The van der Waals surface area contributed by atoms with Crippen LogP contribution in [0.1, 0.15) is 47.2 Å². The van der Waals surface area contributed by atoms with Gasteiger partial charge in [-0.15, -0.1) is 0 Å². The number of hydrogen-bond acceptors (Lipinski definition) is 3. The van der Waals surface area contributed by atoms with Crippen molar-refractivity contribution in [3.63, 3.8) is 0 Å². The van der Waals surface area contributed by atoms with Crippen LogP contribution in [-0.4, -0.2) is 38.9 Å². The van der Waals surface area contributed by atoms with E-state index in [-0.39, 0.29) is 10.8 Å². The predicted molar refractivity (Wildman–Crippen MR) is 106 cm³/mol. The van der Waals surface area contributed by atoms with Crippen LogP contribution in [0.4, 0.5) is 0 Å². The van der Waals surface area contributed by atoms with Gasteiger partial charge in [0.15, 0.2) is 0 Å². The lowest BCUT2D eigenvalue weighted by Crippen LogP contribution is -2.38. The lowest BCUT2D eigenvalue weighted by molar-refractivity contribution is 0.0712. The van der Waals surface area contributed by atoms with Crippen LogP contribution in [0.15, 0.2) is 53.4 Å². The molecule has 1 saturated heterocycles. The van der Waals surface area contributed by atoms with Crippen molar-refractivity contribution in [3.05, 3.63) is 65.2 Å². The van der Waals surface area contributed by atoms with E-state index in [1.165, 1.54) is 11.6 Å². The maximum atomic E-state index is 13.0. The van der Waals surface area contributed by atoms with Gasteiger partial charge in [0.25, 0.3) is 5.91 Å². The van der Waals surface area contributed by atoms with E-state index in [9.17, 15) is 13.2 Å². The van der Waals surface area contributed by atoms with Gasteiger partial charge in [-0.3, -0.25) is 4.79 Å². The van der Waals surface area contributed by atoms with Crippen LogP contribution in [0.5, 0.6) is 0 Å². The summed E-state index contributed by atoms with van der Waals surface area (Å²) in [6, 6.07) is 15.1. The van der Waals surface area contributed by atoms with Gasteiger partial charge in [0, 0.05) is 25.2 Å². The van der Waals surface area contributed by atoms with E-state index < -0.39 is 10.0 Å². The largest absolute Gasteiger partial charge is 0.339 e. The Kier molecular flexibility index (Phi) is 5.97. The molecule has 3 rings (SSSR count). The Morgan fingerprint density at radius 2 is 1.78 bits per heavy atom. The highest BCUT2D eigenvalue weighted by molar-refractivity contribution is 7.89. The number of carbonyl (C=O) groups is 1. The average molecular weight is 387 g/mol. The SMILES string of the molecule is CCNS(=O)(=O)c1ccc(C)c(C(=O)N2CCC(c3ccccc3)CC2)c1. The average Bonchev–Trinajstić information content (AvgIpc) is 2.68. The third kappa shape index (κ3) is 4.39. The van der Waals surface area contributed by atoms with Crippen molar-refractivity contribution in [1.29, 1.82) is 0 Å². The Bertz CT molecular complexity index is 902. The molecular weight excluding hydrogens is 360 g/mol. The molecule has 144 valence electrons. The summed E-state index contributed by atoms with van der Waals surface area (Å²) in [5.74, 6) is 0.379. The third-order valence-electron chi connectivity index (χ3n) is 5.14.